The Kier molecular flexibility index (Phi) is 8.49. The van der Waals surface area contributed by atoms with Crippen LogP contribution in [0.4, 0.5) is 10.1 Å². The van der Waals surface area contributed by atoms with Crippen molar-refractivity contribution < 1.29 is 17.5 Å². The smallest absolute Gasteiger partial charge is 0.229 e. The molecule has 0 saturated carbocycles. The summed E-state index contributed by atoms with van der Waals surface area (Å²) >= 11 is 0. The zero-order valence-electron chi connectivity index (χ0n) is 16.3. The minimum atomic E-state index is -3.26. The predicted octanol–water partition coefficient (Wildman–Crippen LogP) is 4.18. The van der Waals surface area contributed by atoms with Crippen LogP contribution in [0.15, 0.2) is 54.6 Å². The molecular weight excluding hydrogens is 415 g/mol. The van der Waals surface area contributed by atoms with Crippen LogP contribution in [-0.2, 0) is 10.0 Å². The van der Waals surface area contributed by atoms with Gasteiger partial charge in [0.2, 0.25) is 10.0 Å². The van der Waals surface area contributed by atoms with E-state index in [0.29, 0.717) is 12.3 Å². The van der Waals surface area contributed by atoms with Gasteiger partial charge in [0.25, 0.3) is 0 Å². The molecule has 2 aromatic rings. The van der Waals surface area contributed by atoms with Crippen LogP contribution >= 0.6 is 12.4 Å². The third-order valence-electron chi connectivity index (χ3n) is 4.55. The first-order valence-corrected chi connectivity index (χ1v) is 11.2. The van der Waals surface area contributed by atoms with Crippen molar-refractivity contribution in [3.8, 4) is 5.75 Å². The molecule has 0 amide bonds. The highest BCUT2D eigenvalue weighted by Gasteiger charge is 2.12. The molecule has 0 spiro atoms. The van der Waals surface area contributed by atoms with E-state index in [1.807, 2.05) is 12.1 Å². The Labute approximate surface area is 178 Å². The van der Waals surface area contributed by atoms with Gasteiger partial charge in [-0.15, -0.1) is 12.4 Å². The molecule has 0 aromatic heterocycles. The fourth-order valence-corrected chi connectivity index (χ4v) is 3.72. The van der Waals surface area contributed by atoms with Gasteiger partial charge in [-0.2, -0.15) is 0 Å². The van der Waals surface area contributed by atoms with E-state index in [2.05, 4.69) is 15.7 Å². The quantitative estimate of drug-likeness (QED) is 0.625. The Bertz CT molecular complexity index is 916. The highest BCUT2D eigenvalue weighted by molar-refractivity contribution is 7.92. The van der Waals surface area contributed by atoms with E-state index < -0.39 is 10.0 Å². The normalized spacial score (nSPS) is 14.6. The number of rotatable bonds is 8. The van der Waals surface area contributed by atoms with Gasteiger partial charge in [0.1, 0.15) is 11.6 Å². The minimum Gasteiger partial charge on any atom is -0.494 e. The molecule has 158 valence electrons. The summed E-state index contributed by atoms with van der Waals surface area (Å²) < 4.78 is 43.6. The van der Waals surface area contributed by atoms with Crippen molar-refractivity contribution in [2.24, 2.45) is 0 Å². The van der Waals surface area contributed by atoms with Crippen molar-refractivity contribution in [2.75, 3.05) is 37.2 Å². The first-order valence-electron chi connectivity index (χ1n) is 9.27. The number of halogens is 2. The topological polar surface area (TPSA) is 58.6 Å². The Morgan fingerprint density at radius 2 is 1.79 bits per heavy atom. The molecule has 5 nitrogen and oxygen atoms in total. The summed E-state index contributed by atoms with van der Waals surface area (Å²) in [6, 6.07) is 13.6. The Hall–Kier alpha value is -2.09. The second-order valence-corrected chi connectivity index (χ2v) is 8.64. The molecule has 0 bridgehead atoms. The largest absolute Gasteiger partial charge is 0.494 e. The third-order valence-corrected chi connectivity index (χ3v) is 5.16. The molecule has 0 unspecified atom stereocenters. The van der Waals surface area contributed by atoms with Crippen molar-refractivity contribution in [1.29, 1.82) is 0 Å². The van der Waals surface area contributed by atoms with Crippen molar-refractivity contribution in [3.05, 3.63) is 66.0 Å². The Morgan fingerprint density at radius 3 is 2.38 bits per heavy atom. The molecule has 1 aliphatic rings. The van der Waals surface area contributed by atoms with Gasteiger partial charge in [-0.3, -0.25) is 9.62 Å². The van der Waals surface area contributed by atoms with Crippen LogP contribution in [0.25, 0.3) is 5.57 Å². The van der Waals surface area contributed by atoms with E-state index in [0.717, 1.165) is 50.0 Å². The number of anilines is 1. The van der Waals surface area contributed by atoms with E-state index in [-0.39, 0.29) is 18.2 Å². The van der Waals surface area contributed by atoms with Crippen LogP contribution in [0.3, 0.4) is 0 Å². The number of hydrogen-bond acceptors (Lipinski definition) is 4. The maximum Gasteiger partial charge on any atom is 0.229 e. The van der Waals surface area contributed by atoms with E-state index in [4.69, 9.17) is 4.74 Å². The maximum atomic E-state index is 13.0. The number of nitrogens with one attached hydrogen (secondary N) is 1. The van der Waals surface area contributed by atoms with Crippen molar-refractivity contribution in [3.63, 3.8) is 0 Å². The van der Waals surface area contributed by atoms with Gasteiger partial charge in [0.15, 0.2) is 0 Å². The third kappa shape index (κ3) is 7.68. The van der Waals surface area contributed by atoms with Crippen molar-refractivity contribution >= 4 is 33.7 Å². The number of ether oxygens (including phenoxy) is 1. The predicted molar refractivity (Wildman–Crippen MR) is 118 cm³/mol. The monoisotopic (exact) mass is 440 g/mol. The maximum absolute atomic E-state index is 13.0. The molecule has 0 aliphatic carbocycles. The molecule has 0 fully saturated rings. The van der Waals surface area contributed by atoms with Gasteiger partial charge < -0.3 is 4.74 Å². The number of sulfonamides is 1. The second kappa shape index (κ2) is 10.6. The lowest BCUT2D eigenvalue weighted by Crippen LogP contribution is -2.30. The summed E-state index contributed by atoms with van der Waals surface area (Å²) in [5.74, 6) is 0.513. The van der Waals surface area contributed by atoms with Gasteiger partial charge >= 0.3 is 0 Å². The van der Waals surface area contributed by atoms with Gasteiger partial charge in [0, 0.05) is 25.3 Å². The Balaban J connectivity index is 0.00000300. The molecule has 3 rings (SSSR count). The molecule has 0 radical (unpaired) electrons. The molecular formula is C21H26ClFN2O3S. The van der Waals surface area contributed by atoms with Gasteiger partial charge in [-0.1, -0.05) is 18.2 Å². The highest BCUT2D eigenvalue weighted by Crippen LogP contribution is 2.22. The van der Waals surface area contributed by atoms with Gasteiger partial charge in [-0.25, -0.2) is 12.8 Å². The molecule has 8 heteroatoms. The summed E-state index contributed by atoms with van der Waals surface area (Å²) in [6.07, 6.45) is 5.20. The van der Waals surface area contributed by atoms with Gasteiger partial charge in [-0.05, 0) is 60.4 Å². The summed E-state index contributed by atoms with van der Waals surface area (Å²) in [5, 5.41) is 0. The zero-order valence-corrected chi connectivity index (χ0v) is 17.9. The fraction of sp³-hybridized carbons (Fsp3) is 0.333. The van der Waals surface area contributed by atoms with E-state index in [9.17, 15) is 12.8 Å². The Morgan fingerprint density at radius 1 is 1.10 bits per heavy atom. The molecule has 1 aliphatic heterocycles. The van der Waals surface area contributed by atoms with E-state index in [1.54, 1.807) is 24.3 Å². The van der Waals surface area contributed by atoms with Crippen LogP contribution in [0.5, 0.6) is 5.75 Å². The first-order chi connectivity index (χ1) is 13.4. The summed E-state index contributed by atoms with van der Waals surface area (Å²) in [6.45, 7) is 3.42. The van der Waals surface area contributed by atoms with Crippen molar-refractivity contribution in [2.45, 2.75) is 12.8 Å². The van der Waals surface area contributed by atoms with E-state index in [1.165, 1.54) is 17.7 Å². The highest BCUT2D eigenvalue weighted by atomic mass is 35.5. The van der Waals surface area contributed by atoms with Crippen LogP contribution in [0.1, 0.15) is 18.4 Å². The lowest BCUT2D eigenvalue weighted by molar-refractivity contribution is 0.248. The number of nitrogens with zero attached hydrogens (tertiary/aromatic N) is 1. The summed E-state index contributed by atoms with van der Waals surface area (Å²) in [7, 11) is -3.26. The summed E-state index contributed by atoms with van der Waals surface area (Å²) in [4.78, 5) is 2.37. The molecule has 29 heavy (non-hydrogen) atoms. The standard InChI is InChI=1S/C21H25FN2O3S.ClH/c1-28(25,26)23-20-7-9-21(10-8-20)27-16-2-13-24-14-11-18(12-15-24)17-3-5-19(22)6-4-17;/h3-11,23H,2,12-16H2,1H3;1H. The zero-order chi connectivity index (χ0) is 20.0. The van der Waals surface area contributed by atoms with Gasteiger partial charge in [0.05, 0.1) is 12.9 Å². The van der Waals surface area contributed by atoms with Crippen LogP contribution in [-0.4, -0.2) is 45.8 Å². The minimum absolute atomic E-state index is 0. The molecule has 0 saturated heterocycles. The van der Waals surface area contributed by atoms with Crippen LogP contribution < -0.4 is 9.46 Å². The molecule has 1 N–H and O–H groups in total. The van der Waals surface area contributed by atoms with E-state index >= 15 is 0 Å². The lowest BCUT2D eigenvalue weighted by atomic mass is 9.99. The second-order valence-electron chi connectivity index (χ2n) is 6.89. The fourth-order valence-electron chi connectivity index (χ4n) is 3.15. The molecule has 2 aromatic carbocycles. The summed E-state index contributed by atoms with van der Waals surface area (Å²) in [5.41, 5.74) is 2.89. The average Bonchev–Trinajstić information content (AvgIpc) is 2.66. The SMILES string of the molecule is CS(=O)(=O)Nc1ccc(OCCCN2CC=C(c3ccc(F)cc3)CC2)cc1.Cl. The number of benzene rings is 2. The lowest BCUT2D eigenvalue weighted by Gasteiger charge is -2.26. The van der Waals surface area contributed by atoms with Crippen LogP contribution in [0.2, 0.25) is 0 Å². The average molecular weight is 441 g/mol. The number of hydrogen-bond donors (Lipinski definition) is 1. The van der Waals surface area contributed by atoms with Crippen molar-refractivity contribution in [1.82, 2.24) is 4.90 Å². The first kappa shape index (κ1) is 23.2. The molecule has 1 heterocycles. The molecule has 0 atom stereocenters. The van der Waals surface area contributed by atoms with Crippen LogP contribution in [0, 0.1) is 5.82 Å².